The van der Waals surface area contributed by atoms with Gasteiger partial charge in [0.1, 0.15) is 5.82 Å². The predicted molar refractivity (Wildman–Crippen MR) is 67.5 cm³/mol. The molecule has 2 aromatic rings. The summed E-state index contributed by atoms with van der Waals surface area (Å²) in [6, 6.07) is 4.05. The fraction of sp³-hybridized carbons (Fsp3) is 0.417. The molecule has 0 saturated heterocycles. The molecule has 6 heteroatoms. The number of thiophene rings is 1. The first-order valence-corrected chi connectivity index (χ1v) is 6.68. The minimum Gasteiger partial charge on any atom is -0.481 e. The van der Waals surface area contributed by atoms with E-state index < -0.39 is 5.97 Å². The van der Waals surface area contributed by atoms with Gasteiger partial charge >= 0.3 is 5.97 Å². The molecule has 3 heterocycles. The molecule has 0 fully saturated rings. The molecule has 1 aliphatic rings. The average molecular weight is 263 g/mol. The van der Waals surface area contributed by atoms with Gasteiger partial charge in [-0.15, -0.1) is 16.4 Å². The highest BCUT2D eigenvalue weighted by atomic mass is 32.1. The van der Waals surface area contributed by atoms with Gasteiger partial charge in [0.25, 0.3) is 0 Å². The summed E-state index contributed by atoms with van der Waals surface area (Å²) in [5, 5.41) is 13.5. The van der Waals surface area contributed by atoms with Gasteiger partial charge < -0.3 is 5.11 Å². The molecule has 0 spiro atoms. The molecule has 3 rings (SSSR count). The van der Waals surface area contributed by atoms with Crippen LogP contribution >= 0.6 is 11.3 Å². The van der Waals surface area contributed by atoms with E-state index in [9.17, 15) is 4.79 Å². The van der Waals surface area contributed by atoms with Crippen molar-refractivity contribution >= 4 is 17.3 Å². The number of carboxylic acids is 1. The summed E-state index contributed by atoms with van der Waals surface area (Å²) in [4.78, 5) is 17.7. The van der Waals surface area contributed by atoms with Crippen LogP contribution in [-0.4, -0.2) is 25.8 Å². The Labute approximate surface area is 108 Å². The van der Waals surface area contributed by atoms with Crippen LogP contribution in [0.5, 0.6) is 0 Å². The highest BCUT2D eigenvalue weighted by Gasteiger charge is 2.27. The lowest BCUT2D eigenvalue weighted by atomic mass is 9.98. The normalized spacial score (nSPS) is 18.6. The molecule has 1 unspecified atom stereocenters. The maximum Gasteiger partial charge on any atom is 0.307 e. The fourth-order valence-corrected chi connectivity index (χ4v) is 2.97. The van der Waals surface area contributed by atoms with Gasteiger partial charge in [0.15, 0.2) is 5.82 Å². The molecule has 1 N–H and O–H groups in total. The van der Waals surface area contributed by atoms with Gasteiger partial charge in [-0.3, -0.25) is 4.79 Å². The second-order valence-electron chi connectivity index (χ2n) is 4.51. The van der Waals surface area contributed by atoms with Crippen molar-refractivity contribution in [3.05, 3.63) is 22.8 Å². The highest BCUT2D eigenvalue weighted by Crippen LogP contribution is 2.27. The van der Waals surface area contributed by atoms with Crippen LogP contribution in [0.15, 0.2) is 12.1 Å². The smallest absolute Gasteiger partial charge is 0.307 e. The van der Waals surface area contributed by atoms with Crippen molar-refractivity contribution in [3.8, 4) is 10.7 Å². The van der Waals surface area contributed by atoms with Gasteiger partial charge in [-0.25, -0.2) is 9.67 Å². The Morgan fingerprint density at radius 3 is 3.06 bits per heavy atom. The third-order valence-corrected chi connectivity index (χ3v) is 4.17. The molecular formula is C12H13N3O2S. The van der Waals surface area contributed by atoms with Crippen LogP contribution in [-0.2, 0) is 17.8 Å². The maximum atomic E-state index is 11.0. The molecule has 1 atom stereocenters. The van der Waals surface area contributed by atoms with Gasteiger partial charge in [0, 0.05) is 17.8 Å². The lowest BCUT2D eigenvalue weighted by Crippen LogP contribution is -2.26. The van der Waals surface area contributed by atoms with Crippen LogP contribution in [0.25, 0.3) is 10.7 Å². The second-order valence-corrected chi connectivity index (χ2v) is 5.80. The summed E-state index contributed by atoms with van der Waals surface area (Å²) in [6.45, 7) is 2.69. The first-order valence-electron chi connectivity index (χ1n) is 5.87. The van der Waals surface area contributed by atoms with Crippen molar-refractivity contribution in [1.82, 2.24) is 14.8 Å². The second kappa shape index (κ2) is 4.20. The lowest BCUT2D eigenvalue weighted by Gasteiger charge is -2.17. The van der Waals surface area contributed by atoms with Crippen molar-refractivity contribution in [2.45, 2.75) is 26.3 Å². The van der Waals surface area contributed by atoms with E-state index >= 15 is 0 Å². The topological polar surface area (TPSA) is 68.0 Å². The van der Waals surface area contributed by atoms with E-state index in [1.54, 1.807) is 11.3 Å². The maximum absolute atomic E-state index is 11.0. The third kappa shape index (κ3) is 1.92. The summed E-state index contributed by atoms with van der Waals surface area (Å²) >= 11 is 1.66. The molecule has 0 aliphatic carbocycles. The van der Waals surface area contributed by atoms with Crippen LogP contribution in [0.3, 0.4) is 0 Å². The molecule has 0 radical (unpaired) electrons. The summed E-state index contributed by atoms with van der Waals surface area (Å²) in [6.07, 6.45) is 1.11. The van der Waals surface area contributed by atoms with Crippen molar-refractivity contribution < 1.29 is 9.90 Å². The van der Waals surface area contributed by atoms with E-state index in [4.69, 9.17) is 5.11 Å². The van der Waals surface area contributed by atoms with Crippen LogP contribution in [0, 0.1) is 12.8 Å². The van der Waals surface area contributed by atoms with E-state index in [0.717, 1.165) is 10.7 Å². The number of rotatable bonds is 2. The number of carbonyl (C=O) groups is 1. The first-order chi connectivity index (χ1) is 8.63. The first kappa shape index (κ1) is 11.4. The number of carboxylic acid groups (broad SMARTS) is 1. The predicted octanol–water partition coefficient (Wildman–Crippen LogP) is 1.96. The van der Waals surface area contributed by atoms with Crippen LogP contribution < -0.4 is 0 Å². The Morgan fingerprint density at radius 1 is 1.56 bits per heavy atom. The van der Waals surface area contributed by atoms with Gasteiger partial charge in [-0.2, -0.15) is 0 Å². The highest BCUT2D eigenvalue weighted by molar-refractivity contribution is 7.15. The van der Waals surface area contributed by atoms with Gasteiger partial charge in [-0.1, -0.05) is 0 Å². The largest absolute Gasteiger partial charge is 0.481 e. The van der Waals surface area contributed by atoms with Crippen molar-refractivity contribution in [3.63, 3.8) is 0 Å². The van der Waals surface area contributed by atoms with E-state index in [1.165, 1.54) is 4.88 Å². The Hall–Kier alpha value is -1.69. The average Bonchev–Trinajstić information content (AvgIpc) is 2.93. The lowest BCUT2D eigenvalue weighted by molar-refractivity contribution is -0.142. The van der Waals surface area contributed by atoms with Gasteiger partial charge in [-0.05, 0) is 25.5 Å². The quantitative estimate of drug-likeness (QED) is 0.899. The number of nitrogens with zero attached hydrogens (tertiary/aromatic N) is 3. The standard InChI is InChI=1S/C12H13N3O2S/c1-7-2-3-9(18-7)11-13-10-6-8(12(16)17)4-5-15(10)14-11/h2-3,8H,4-6H2,1H3,(H,16,17). The number of aryl methyl sites for hydroxylation is 2. The molecule has 5 nitrogen and oxygen atoms in total. The fourth-order valence-electron chi connectivity index (χ4n) is 2.17. The molecular weight excluding hydrogens is 250 g/mol. The monoisotopic (exact) mass is 263 g/mol. The number of aliphatic carboxylic acids is 1. The van der Waals surface area contributed by atoms with Crippen molar-refractivity contribution in [2.75, 3.05) is 0 Å². The number of hydrogen-bond donors (Lipinski definition) is 1. The zero-order chi connectivity index (χ0) is 12.7. The Bertz CT molecular complexity index is 602. The van der Waals surface area contributed by atoms with E-state index in [1.807, 2.05) is 23.7 Å². The summed E-state index contributed by atoms with van der Waals surface area (Å²) in [5.74, 6) is 0.446. The molecule has 0 aromatic carbocycles. The molecule has 0 bridgehead atoms. The molecule has 2 aromatic heterocycles. The van der Waals surface area contributed by atoms with Crippen LogP contribution in [0.2, 0.25) is 0 Å². The summed E-state index contributed by atoms with van der Waals surface area (Å²) < 4.78 is 1.84. The van der Waals surface area contributed by atoms with E-state index in [0.29, 0.717) is 25.2 Å². The van der Waals surface area contributed by atoms with E-state index in [-0.39, 0.29) is 5.92 Å². The Morgan fingerprint density at radius 2 is 2.39 bits per heavy atom. The number of fused-ring (bicyclic) bond motifs is 1. The van der Waals surface area contributed by atoms with Crippen LogP contribution in [0.4, 0.5) is 0 Å². The SMILES string of the molecule is Cc1ccc(-c2nc3n(n2)CCC(C(=O)O)C3)s1. The molecule has 18 heavy (non-hydrogen) atoms. The van der Waals surface area contributed by atoms with Crippen molar-refractivity contribution in [2.24, 2.45) is 5.92 Å². The van der Waals surface area contributed by atoms with Gasteiger partial charge in [0.05, 0.1) is 10.8 Å². The zero-order valence-electron chi connectivity index (χ0n) is 9.96. The minimum atomic E-state index is -0.738. The van der Waals surface area contributed by atoms with Crippen molar-refractivity contribution in [1.29, 1.82) is 0 Å². The zero-order valence-corrected chi connectivity index (χ0v) is 10.8. The van der Waals surface area contributed by atoms with Crippen LogP contribution in [0.1, 0.15) is 17.1 Å². The molecule has 1 aliphatic heterocycles. The molecule has 94 valence electrons. The van der Waals surface area contributed by atoms with E-state index in [2.05, 4.69) is 10.1 Å². The minimum absolute atomic E-state index is 0.320. The number of aromatic nitrogens is 3. The van der Waals surface area contributed by atoms with Gasteiger partial charge in [0.2, 0.25) is 0 Å². The Balaban J connectivity index is 1.91. The third-order valence-electron chi connectivity index (χ3n) is 3.18. The molecule has 0 saturated carbocycles. The Kier molecular flexibility index (Phi) is 2.66. The molecule has 0 amide bonds. The summed E-state index contributed by atoms with van der Waals surface area (Å²) in [5.41, 5.74) is 0. The summed E-state index contributed by atoms with van der Waals surface area (Å²) in [7, 11) is 0. The number of hydrogen-bond acceptors (Lipinski definition) is 4.